The normalized spacial score (nSPS) is 19.1. The van der Waals surface area contributed by atoms with Crippen molar-refractivity contribution in [1.82, 2.24) is 15.0 Å². The first kappa shape index (κ1) is 20.4. The van der Waals surface area contributed by atoms with Gasteiger partial charge in [-0.05, 0) is 24.0 Å². The molecule has 24 heavy (non-hydrogen) atoms. The smallest absolute Gasteiger partial charge is 0.292 e. The number of halogens is 2. The Bertz CT molecular complexity index is 676. The average molecular weight is 373 g/mol. The second kappa shape index (κ2) is 7.96. The van der Waals surface area contributed by atoms with E-state index >= 15 is 0 Å². The lowest BCUT2D eigenvalue weighted by molar-refractivity contribution is 0.0495. The molecule has 1 fully saturated rings. The first-order chi connectivity index (χ1) is 10.5. The van der Waals surface area contributed by atoms with E-state index in [1.807, 2.05) is 18.2 Å². The minimum absolute atomic E-state index is 0. The van der Waals surface area contributed by atoms with Gasteiger partial charge in [-0.2, -0.15) is 0 Å². The van der Waals surface area contributed by atoms with Crippen molar-refractivity contribution in [3.05, 3.63) is 36.2 Å². The van der Waals surface area contributed by atoms with E-state index in [0.717, 1.165) is 6.42 Å². The molecule has 1 atom stereocenters. The number of nitrogens with zero attached hydrogens (tertiary/aromatic N) is 3. The van der Waals surface area contributed by atoms with Gasteiger partial charge in [0, 0.05) is 31.4 Å². The minimum Gasteiger partial charge on any atom is -0.350 e. The summed E-state index contributed by atoms with van der Waals surface area (Å²) in [6.45, 7) is 5.42. The van der Waals surface area contributed by atoms with E-state index in [9.17, 15) is 4.79 Å². The molecular formula is C16H22Cl2N4O2. The second-order valence-corrected chi connectivity index (χ2v) is 6.40. The predicted octanol–water partition coefficient (Wildman–Crippen LogP) is 2.78. The van der Waals surface area contributed by atoms with Crippen LogP contribution in [0.1, 0.15) is 30.8 Å². The van der Waals surface area contributed by atoms with Crippen LogP contribution in [0.5, 0.6) is 0 Å². The van der Waals surface area contributed by atoms with Crippen LogP contribution in [0.3, 0.4) is 0 Å². The van der Waals surface area contributed by atoms with E-state index in [4.69, 9.17) is 10.3 Å². The van der Waals surface area contributed by atoms with Crippen LogP contribution >= 0.6 is 24.8 Å². The SMILES string of the molecule is CC1(C)CN(C(=O)c2cc(-c3ccccn3)no2)CCC1N.Cl.Cl. The maximum atomic E-state index is 12.6. The fraction of sp³-hybridized carbons (Fsp3) is 0.438. The molecule has 1 aliphatic heterocycles. The summed E-state index contributed by atoms with van der Waals surface area (Å²) in [5.41, 5.74) is 7.27. The molecule has 6 nitrogen and oxygen atoms in total. The van der Waals surface area contributed by atoms with Crippen LogP contribution in [0.15, 0.2) is 35.0 Å². The molecule has 1 amide bonds. The zero-order valence-electron chi connectivity index (χ0n) is 13.6. The molecule has 1 unspecified atom stereocenters. The molecule has 0 spiro atoms. The number of piperidine rings is 1. The van der Waals surface area contributed by atoms with Gasteiger partial charge in [-0.3, -0.25) is 9.78 Å². The maximum Gasteiger partial charge on any atom is 0.292 e. The third kappa shape index (κ3) is 4.06. The second-order valence-electron chi connectivity index (χ2n) is 6.40. The van der Waals surface area contributed by atoms with Crippen molar-refractivity contribution in [2.75, 3.05) is 13.1 Å². The summed E-state index contributed by atoms with van der Waals surface area (Å²) in [5, 5.41) is 3.94. The van der Waals surface area contributed by atoms with Crippen molar-refractivity contribution in [1.29, 1.82) is 0 Å². The number of rotatable bonds is 2. The largest absolute Gasteiger partial charge is 0.350 e. The monoisotopic (exact) mass is 372 g/mol. The Hall–Kier alpha value is -1.63. The number of carbonyl (C=O) groups excluding carboxylic acids is 1. The summed E-state index contributed by atoms with van der Waals surface area (Å²) < 4.78 is 5.22. The molecule has 0 radical (unpaired) electrons. The molecule has 0 saturated carbocycles. The summed E-state index contributed by atoms with van der Waals surface area (Å²) in [7, 11) is 0. The zero-order valence-corrected chi connectivity index (χ0v) is 15.3. The van der Waals surface area contributed by atoms with Crippen molar-refractivity contribution in [3.63, 3.8) is 0 Å². The van der Waals surface area contributed by atoms with Gasteiger partial charge in [0.15, 0.2) is 0 Å². The number of likely N-dealkylation sites (tertiary alicyclic amines) is 1. The van der Waals surface area contributed by atoms with Crippen LogP contribution in [0, 0.1) is 5.41 Å². The Kier molecular flexibility index (Phi) is 6.77. The van der Waals surface area contributed by atoms with Gasteiger partial charge in [0.25, 0.3) is 5.91 Å². The third-order valence-corrected chi connectivity index (χ3v) is 4.25. The summed E-state index contributed by atoms with van der Waals surface area (Å²) in [6, 6.07) is 7.28. The van der Waals surface area contributed by atoms with Gasteiger partial charge in [0.2, 0.25) is 5.76 Å². The van der Waals surface area contributed by atoms with E-state index in [1.54, 1.807) is 17.2 Å². The highest BCUT2D eigenvalue weighted by Gasteiger charge is 2.36. The van der Waals surface area contributed by atoms with Gasteiger partial charge >= 0.3 is 0 Å². The third-order valence-electron chi connectivity index (χ3n) is 4.25. The van der Waals surface area contributed by atoms with Gasteiger partial charge in [0.1, 0.15) is 5.69 Å². The summed E-state index contributed by atoms with van der Waals surface area (Å²) in [5.74, 6) is 0.0987. The highest BCUT2D eigenvalue weighted by molar-refractivity contribution is 5.92. The Balaban J connectivity index is 0.00000144. The quantitative estimate of drug-likeness (QED) is 0.875. The van der Waals surface area contributed by atoms with Crippen molar-refractivity contribution < 1.29 is 9.32 Å². The zero-order chi connectivity index (χ0) is 15.7. The maximum absolute atomic E-state index is 12.6. The predicted molar refractivity (Wildman–Crippen MR) is 96.5 cm³/mol. The van der Waals surface area contributed by atoms with Crippen LogP contribution in [-0.2, 0) is 0 Å². The Morgan fingerprint density at radius 3 is 2.71 bits per heavy atom. The van der Waals surface area contributed by atoms with Gasteiger partial charge in [-0.15, -0.1) is 24.8 Å². The van der Waals surface area contributed by atoms with Crippen LogP contribution < -0.4 is 5.73 Å². The van der Waals surface area contributed by atoms with Crippen LogP contribution in [0.25, 0.3) is 11.4 Å². The number of aromatic nitrogens is 2. The highest BCUT2D eigenvalue weighted by Crippen LogP contribution is 2.29. The molecule has 3 rings (SSSR count). The number of amides is 1. The average Bonchev–Trinajstić information content (AvgIpc) is 3.00. The van der Waals surface area contributed by atoms with E-state index in [-0.39, 0.29) is 47.9 Å². The highest BCUT2D eigenvalue weighted by atomic mass is 35.5. The molecule has 2 aromatic heterocycles. The molecule has 0 aliphatic carbocycles. The molecule has 8 heteroatoms. The molecule has 2 N–H and O–H groups in total. The lowest BCUT2D eigenvalue weighted by Gasteiger charge is -2.42. The van der Waals surface area contributed by atoms with Crippen molar-refractivity contribution in [2.24, 2.45) is 11.1 Å². The fourth-order valence-electron chi connectivity index (χ4n) is 2.71. The minimum atomic E-state index is -0.144. The van der Waals surface area contributed by atoms with Crippen LogP contribution in [-0.4, -0.2) is 40.1 Å². The molecule has 132 valence electrons. The number of hydrogen-bond donors (Lipinski definition) is 1. The lowest BCUT2D eigenvalue weighted by atomic mass is 9.79. The van der Waals surface area contributed by atoms with Crippen molar-refractivity contribution >= 4 is 30.7 Å². The summed E-state index contributed by atoms with van der Waals surface area (Å²) in [6.07, 6.45) is 2.47. The first-order valence-corrected chi connectivity index (χ1v) is 7.40. The molecule has 1 aliphatic rings. The van der Waals surface area contributed by atoms with Gasteiger partial charge in [-0.25, -0.2) is 0 Å². The molecule has 2 aromatic rings. The van der Waals surface area contributed by atoms with Gasteiger partial charge in [0.05, 0.1) is 5.69 Å². The van der Waals surface area contributed by atoms with E-state index in [2.05, 4.69) is 24.0 Å². The molecule has 3 heterocycles. The van der Waals surface area contributed by atoms with E-state index in [1.165, 1.54) is 0 Å². The number of carbonyl (C=O) groups is 1. The van der Waals surface area contributed by atoms with Gasteiger partial charge in [-0.1, -0.05) is 25.1 Å². The lowest BCUT2D eigenvalue weighted by Crippen LogP contribution is -2.53. The van der Waals surface area contributed by atoms with E-state index in [0.29, 0.717) is 24.5 Å². The topological polar surface area (TPSA) is 85.2 Å². The molecule has 1 saturated heterocycles. The Morgan fingerprint density at radius 2 is 2.08 bits per heavy atom. The molecule has 0 aromatic carbocycles. The number of nitrogens with two attached hydrogens (primary N) is 1. The molecular weight excluding hydrogens is 351 g/mol. The standard InChI is InChI=1S/C16H20N4O2.2ClH/c1-16(2)10-20(8-6-14(16)17)15(21)13-9-12(19-22-13)11-5-3-4-7-18-11;;/h3-5,7,9,14H,6,8,10,17H2,1-2H3;2*1H. The fourth-order valence-corrected chi connectivity index (χ4v) is 2.71. The summed E-state index contributed by atoms with van der Waals surface area (Å²) >= 11 is 0. The van der Waals surface area contributed by atoms with Crippen molar-refractivity contribution in [2.45, 2.75) is 26.3 Å². The number of hydrogen-bond acceptors (Lipinski definition) is 5. The Labute approximate surface area is 153 Å². The summed E-state index contributed by atoms with van der Waals surface area (Å²) in [4.78, 5) is 18.6. The molecule has 0 bridgehead atoms. The van der Waals surface area contributed by atoms with Gasteiger partial charge < -0.3 is 15.2 Å². The van der Waals surface area contributed by atoms with Crippen LogP contribution in [0.2, 0.25) is 0 Å². The first-order valence-electron chi connectivity index (χ1n) is 7.40. The van der Waals surface area contributed by atoms with Crippen LogP contribution in [0.4, 0.5) is 0 Å². The van der Waals surface area contributed by atoms with Crippen molar-refractivity contribution in [3.8, 4) is 11.4 Å². The number of pyridine rings is 1. The Morgan fingerprint density at radius 1 is 1.33 bits per heavy atom. The van der Waals surface area contributed by atoms with E-state index < -0.39 is 0 Å².